The van der Waals surface area contributed by atoms with E-state index in [1.54, 1.807) is 6.26 Å². The molecule has 0 aliphatic rings. The van der Waals surface area contributed by atoms with Crippen molar-refractivity contribution in [3.05, 3.63) is 48.2 Å². The summed E-state index contributed by atoms with van der Waals surface area (Å²) in [4.78, 5) is 2.98. The van der Waals surface area contributed by atoms with E-state index >= 15 is 0 Å². The number of rotatable bonds is 5. The fourth-order valence-corrected chi connectivity index (χ4v) is 1.45. The molecule has 0 amide bonds. The quantitative estimate of drug-likeness (QED) is 0.693. The highest BCUT2D eigenvalue weighted by Crippen LogP contribution is 2.13. The van der Waals surface area contributed by atoms with Crippen LogP contribution in [0.25, 0.3) is 0 Å². The lowest BCUT2D eigenvalue weighted by Gasteiger charge is -2.12. The second kappa shape index (κ2) is 4.82. The zero-order valence-electron chi connectivity index (χ0n) is 8.31. The highest BCUT2D eigenvalue weighted by molar-refractivity contribution is 5.10. The summed E-state index contributed by atoms with van der Waals surface area (Å²) in [6.07, 6.45) is 5.40. The summed E-state index contributed by atoms with van der Waals surface area (Å²) >= 11 is 0. The van der Waals surface area contributed by atoms with Crippen LogP contribution in [0.5, 0.6) is 0 Å². The number of aliphatic hydroxyl groups is 1. The van der Waals surface area contributed by atoms with E-state index in [1.165, 1.54) is 0 Å². The van der Waals surface area contributed by atoms with E-state index in [4.69, 9.17) is 4.42 Å². The summed E-state index contributed by atoms with van der Waals surface area (Å²) in [5.41, 5.74) is 1.15. The zero-order valence-corrected chi connectivity index (χ0v) is 8.31. The number of hydrogen-bond donors (Lipinski definition) is 3. The van der Waals surface area contributed by atoms with E-state index in [1.807, 2.05) is 30.6 Å². The van der Waals surface area contributed by atoms with Crippen LogP contribution in [0.15, 0.2) is 41.3 Å². The lowest BCUT2D eigenvalue weighted by atomic mass is 10.2. The van der Waals surface area contributed by atoms with Gasteiger partial charge < -0.3 is 19.8 Å². The molecule has 0 radical (unpaired) electrons. The van der Waals surface area contributed by atoms with E-state index < -0.39 is 0 Å². The molecule has 2 aromatic rings. The molecule has 2 rings (SSSR count). The Hall–Kier alpha value is -1.52. The van der Waals surface area contributed by atoms with Crippen molar-refractivity contribution >= 4 is 0 Å². The topological polar surface area (TPSA) is 61.2 Å². The fraction of sp³-hybridized carbons (Fsp3) is 0.273. The van der Waals surface area contributed by atoms with Crippen molar-refractivity contribution in [3.8, 4) is 0 Å². The Balaban J connectivity index is 1.92. The number of furan rings is 1. The molecule has 0 aliphatic heterocycles. The van der Waals surface area contributed by atoms with Gasteiger partial charge in [0.25, 0.3) is 0 Å². The SMILES string of the molecule is OCC(NCc1cc[nH]c1)c1ccco1. The molecule has 0 aliphatic carbocycles. The van der Waals surface area contributed by atoms with E-state index in [9.17, 15) is 5.11 Å². The third-order valence-corrected chi connectivity index (χ3v) is 2.28. The van der Waals surface area contributed by atoms with Gasteiger partial charge >= 0.3 is 0 Å². The van der Waals surface area contributed by atoms with Crippen molar-refractivity contribution in [2.24, 2.45) is 0 Å². The molecule has 3 N–H and O–H groups in total. The minimum absolute atomic E-state index is 0.0257. The summed E-state index contributed by atoms with van der Waals surface area (Å²) in [6.45, 7) is 0.730. The fourth-order valence-electron chi connectivity index (χ4n) is 1.45. The van der Waals surface area contributed by atoms with Crippen LogP contribution < -0.4 is 5.32 Å². The van der Waals surface area contributed by atoms with Gasteiger partial charge in [-0.1, -0.05) is 0 Å². The molecule has 1 unspecified atom stereocenters. The number of aliphatic hydroxyl groups excluding tert-OH is 1. The molecule has 2 heterocycles. The predicted octanol–water partition coefficient (Wildman–Crippen LogP) is 1.43. The van der Waals surface area contributed by atoms with Crippen LogP contribution in [0, 0.1) is 0 Å². The van der Waals surface area contributed by atoms with Crippen LogP contribution in [0.1, 0.15) is 17.4 Å². The largest absolute Gasteiger partial charge is 0.468 e. The van der Waals surface area contributed by atoms with Gasteiger partial charge in [0.05, 0.1) is 18.9 Å². The van der Waals surface area contributed by atoms with E-state index in [-0.39, 0.29) is 12.6 Å². The van der Waals surface area contributed by atoms with Crippen LogP contribution in [0.2, 0.25) is 0 Å². The average Bonchev–Trinajstić information content (AvgIpc) is 2.90. The molecule has 0 spiro atoms. The van der Waals surface area contributed by atoms with Crippen LogP contribution in [-0.4, -0.2) is 16.7 Å². The summed E-state index contributed by atoms with van der Waals surface area (Å²) < 4.78 is 5.23. The molecule has 0 fully saturated rings. The van der Waals surface area contributed by atoms with Gasteiger partial charge in [-0.05, 0) is 23.8 Å². The van der Waals surface area contributed by atoms with Gasteiger partial charge in [-0.25, -0.2) is 0 Å². The zero-order chi connectivity index (χ0) is 10.5. The van der Waals surface area contributed by atoms with Crippen molar-refractivity contribution < 1.29 is 9.52 Å². The first-order valence-corrected chi connectivity index (χ1v) is 4.89. The molecule has 1 atom stereocenters. The third kappa shape index (κ3) is 2.49. The number of H-pyrrole nitrogens is 1. The Bertz CT molecular complexity index is 367. The molecule has 15 heavy (non-hydrogen) atoms. The molecular formula is C11H14N2O2. The van der Waals surface area contributed by atoms with Gasteiger partial charge in [0.1, 0.15) is 5.76 Å². The molecule has 0 saturated heterocycles. The molecule has 80 valence electrons. The first-order valence-electron chi connectivity index (χ1n) is 4.89. The van der Waals surface area contributed by atoms with Crippen molar-refractivity contribution in [1.29, 1.82) is 0 Å². The second-order valence-corrected chi connectivity index (χ2v) is 3.35. The monoisotopic (exact) mass is 206 g/mol. The van der Waals surface area contributed by atoms with Gasteiger partial charge in [0.2, 0.25) is 0 Å². The Morgan fingerprint density at radius 2 is 2.40 bits per heavy atom. The number of hydrogen-bond acceptors (Lipinski definition) is 3. The molecule has 2 aromatic heterocycles. The third-order valence-electron chi connectivity index (χ3n) is 2.28. The average molecular weight is 206 g/mol. The highest BCUT2D eigenvalue weighted by Gasteiger charge is 2.11. The molecule has 0 aromatic carbocycles. The summed E-state index contributed by atoms with van der Waals surface area (Å²) in [5, 5.41) is 12.4. The standard InChI is InChI=1S/C11H14N2O2/c14-8-10(11-2-1-5-15-11)13-7-9-3-4-12-6-9/h1-6,10,12-14H,7-8H2. The molecule has 4 heteroatoms. The van der Waals surface area contributed by atoms with Crippen molar-refractivity contribution in [2.75, 3.05) is 6.61 Å². The van der Waals surface area contributed by atoms with Gasteiger partial charge in [-0.2, -0.15) is 0 Å². The second-order valence-electron chi connectivity index (χ2n) is 3.35. The van der Waals surface area contributed by atoms with E-state index in [0.717, 1.165) is 11.3 Å². The maximum Gasteiger partial charge on any atom is 0.123 e. The lowest BCUT2D eigenvalue weighted by Crippen LogP contribution is -2.23. The summed E-state index contributed by atoms with van der Waals surface area (Å²) in [5.74, 6) is 0.757. The predicted molar refractivity (Wildman–Crippen MR) is 56.2 cm³/mol. The van der Waals surface area contributed by atoms with Crippen molar-refractivity contribution in [2.45, 2.75) is 12.6 Å². The van der Waals surface area contributed by atoms with Crippen molar-refractivity contribution in [3.63, 3.8) is 0 Å². The molecule has 0 bridgehead atoms. The highest BCUT2D eigenvalue weighted by atomic mass is 16.3. The number of aromatic amines is 1. The first-order chi connectivity index (χ1) is 7.40. The lowest BCUT2D eigenvalue weighted by molar-refractivity contribution is 0.225. The normalized spacial score (nSPS) is 12.9. The molecule has 4 nitrogen and oxygen atoms in total. The van der Waals surface area contributed by atoms with Crippen LogP contribution in [-0.2, 0) is 6.54 Å². The first kappa shape index (κ1) is 10.0. The minimum atomic E-state index is -0.144. The van der Waals surface area contributed by atoms with Crippen LogP contribution in [0.3, 0.4) is 0 Å². The Kier molecular flexibility index (Phi) is 3.22. The van der Waals surface area contributed by atoms with Gasteiger partial charge in [-0.3, -0.25) is 0 Å². The Morgan fingerprint density at radius 3 is 3.00 bits per heavy atom. The molecule has 0 saturated carbocycles. The van der Waals surface area contributed by atoms with E-state index in [2.05, 4.69) is 10.3 Å². The van der Waals surface area contributed by atoms with Crippen LogP contribution >= 0.6 is 0 Å². The maximum atomic E-state index is 9.20. The van der Waals surface area contributed by atoms with Gasteiger partial charge in [0.15, 0.2) is 0 Å². The van der Waals surface area contributed by atoms with Crippen molar-refractivity contribution in [1.82, 2.24) is 10.3 Å². The van der Waals surface area contributed by atoms with Gasteiger partial charge in [0, 0.05) is 18.9 Å². The number of nitrogens with one attached hydrogen (secondary N) is 2. The minimum Gasteiger partial charge on any atom is -0.468 e. The van der Waals surface area contributed by atoms with Gasteiger partial charge in [-0.15, -0.1) is 0 Å². The Morgan fingerprint density at radius 1 is 1.47 bits per heavy atom. The smallest absolute Gasteiger partial charge is 0.123 e. The summed E-state index contributed by atoms with van der Waals surface area (Å²) in [7, 11) is 0. The summed E-state index contributed by atoms with van der Waals surface area (Å²) in [6, 6.07) is 5.51. The number of aromatic nitrogens is 1. The Labute approximate surface area is 87.9 Å². The molecular weight excluding hydrogens is 192 g/mol. The van der Waals surface area contributed by atoms with Crippen LogP contribution in [0.4, 0.5) is 0 Å². The van der Waals surface area contributed by atoms with E-state index in [0.29, 0.717) is 6.54 Å². The maximum absolute atomic E-state index is 9.20.